The van der Waals surface area contributed by atoms with Crippen molar-refractivity contribution in [1.82, 2.24) is 0 Å². The number of carboxylic acids is 1. The Balaban J connectivity index is 0.00000169. The van der Waals surface area contributed by atoms with E-state index in [0.29, 0.717) is 0 Å². The zero-order valence-electron chi connectivity index (χ0n) is 7.81. The van der Waals surface area contributed by atoms with Crippen molar-refractivity contribution in [2.75, 3.05) is 0 Å². The second-order valence-corrected chi connectivity index (χ2v) is 3.14. The number of halogens is 1. The minimum Gasteiger partial charge on any atom is -0.480 e. The summed E-state index contributed by atoms with van der Waals surface area (Å²) in [5.41, 5.74) is 5.05. The molecule has 77 valence electrons. The Morgan fingerprint density at radius 3 is 2.36 bits per heavy atom. The molecule has 14 heavy (non-hydrogen) atoms. The van der Waals surface area contributed by atoms with Crippen LogP contribution in [0.25, 0.3) is 0 Å². The van der Waals surface area contributed by atoms with E-state index in [1.165, 1.54) is 13.3 Å². The predicted molar refractivity (Wildman–Crippen MR) is 57.3 cm³/mol. The lowest BCUT2D eigenvalue weighted by atomic mass is 9.94. The van der Waals surface area contributed by atoms with Crippen LogP contribution in [0.4, 0.5) is 0 Å². The highest BCUT2D eigenvalue weighted by Gasteiger charge is 2.28. The van der Waals surface area contributed by atoms with Gasteiger partial charge in [0.15, 0.2) is 0 Å². The van der Waals surface area contributed by atoms with Crippen molar-refractivity contribution in [2.24, 2.45) is 5.73 Å². The van der Waals surface area contributed by atoms with E-state index < -0.39 is 11.5 Å². The quantitative estimate of drug-likeness (QED) is 0.801. The molecule has 1 atom stereocenters. The fourth-order valence-corrected chi connectivity index (χ4v) is 0.957. The molecule has 1 aromatic carbocycles. The molecule has 0 saturated carbocycles. The van der Waals surface area contributed by atoms with Gasteiger partial charge in [0.1, 0.15) is 5.54 Å². The summed E-state index contributed by atoms with van der Waals surface area (Å²) >= 11 is 0. The molecular weight excluding hydrogens is 202 g/mol. The van der Waals surface area contributed by atoms with E-state index in [1.54, 1.807) is 0 Å². The molecule has 0 bridgehead atoms. The van der Waals surface area contributed by atoms with Gasteiger partial charge in [0.05, 0.1) is 0 Å². The Labute approximate surface area is 89.3 Å². The van der Waals surface area contributed by atoms with E-state index in [2.05, 4.69) is 0 Å². The molecule has 0 fully saturated rings. The first kappa shape index (κ1) is 12.9. The number of carboxylic acid groups (broad SMARTS) is 1. The van der Waals surface area contributed by atoms with Gasteiger partial charge in [-0.15, -0.1) is 12.4 Å². The molecule has 0 spiro atoms. The van der Waals surface area contributed by atoms with Gasteiger partial charge in [0.25, 0.3) is 0 Å². The summed E-state index contributed by atoms with van der Waals surface area (Å²) in [6.07, 6.45) is 1.52. The van der Waals surface area contributed by atoms with Crippen molar-refractivity contribution >= 4 is 18.4 Å². The summed E-state index contributed by atoms with van der Waals surface area (Å²) in [6, 6.07) is 9.17. The van der Waals surface area contributed by atoms with Gasteiger partial charge < -0.3 is 10.8 Å². The topological polar surface area (TPSA) is 63.3 Å². The second kappa shape index (κ2) is 4.98. The van der Waals surface area contributed by atoms with Gasteiger partial charge in [-0.25, -0.2) is 0 Å². The molecule has 1 rings (SSSR count). The molecule has 0 aliphatic carbocycles. The molecule has 3 nitrogen and oxygen atoms in total. The smallest absolute Gasteiger partial charge is 0.324 e. The van der Waals surface area contributed by atoms with Crippen molar-refractivity contribution in [2.45, 2.75) is 12.5 Å². The van der Waals surface area contributed by atoms with Crippen LogP contribution in [0.1, 0.15) is 12.5 Å². The standard InChI is InChI=1S/C10H12NO2.ClH/c1-10(11,9(12)13)7-8-5-3-2-4-6-8;/h2-7H,11H2,1H3,(H,12,13);1H/t10-;/m0./s1. The largest absolute Gasteiger partial charge is 0.480 e. The molecular formula is C10H13ClNO2. The number of hydrogen-bond donors (Lipinski definition) is 2. The van der Waals surface area contributed by atoms with Crippen molar-refractivity contribution in [3.8, 4) is 0 Å². The van der Waals surface area contributed by atoms with E-state index in [4.69, 9.17) is 10.8 Å². The molecule has 0 saturated heterocycles. The fourth-order valence-electron chi connectivity index (χ4n) is 0.957. The number of benzene rings is 1. The molecule has 0 amide bonds. The Bertz CT molecular complexity index is 298. The molecule has 0 unspecified atom stereocenters. The lowest BCUT2D eigenvalue weighted by molar-refractivity contribution is -0.141. The van der Waals surface area contributed by atoms with Crippen molar-refractivity contribution in [3.05, 3.63) is 42.3 Å². The van der Waals surface area contributed by atoms with Crippen LogP contribution in [0.15, 0.2) is 30.3 Å². The fraction of sp³-hybridized carbons (Fsp3) is 0.200. The van der Waals surface area contributed by atoms with Crippen LogP contribution in [0.3, 0.4) is 0 Å². The first-order chi connectivity index (χ1) is 6.02. The number of carbonyl (C=O) groups is 1. The SMILES string of the molecule is C[C@](N)([CH]c1ccccc1)C(=O)O.Cl. The summed E-state index contributed by atoms with van der Waals surface area (Å²) in [7, 11) is 0. The third-order valence-corrected chi connectivity index (χ3v) is 1.73. The van der Waals surface area contributed by atoms with Gasteiger partial charge in [0, 0.05) is 6.42 Å². The van der Waals surface area contributed by atoms with Crippen LogP contribution in [0.2, 0.25) is 0 Å². The van der Waals surface area contributed by atoms with Gasteiger partial charge in [-0.1, -0.05) is 30.3 Å². The first-order valence-electron chi connectivity index (χ1n) is 3.95. The zero-order valence-corrected chi connectivity index (χ0v) is 8.62. The van der Waals surface area contributed by atoms with E-state index in [0.717, 1.165) is 5.56 Å². The lowest BCUT2D eigenvalue weighted by Crippen LogP contribution is -2.45. The van der Waals surface area contributed by atoms with Crippen LogP contribution in [-0.2, 0) is 4.79 Å². The molecule has 0 aromatic heterocycles. The maximum absolute atomic E-state index is 10.7. The van der Waals surface area contributed by atoms with E-state index in [9.17, 15) is 4.79 Å². The Hall–Kier alpha value is -1.06. The minimum absolute atomic E-state index is 0. The molecule has 1 aromatic rings. The van der Waals surface area contributed by atoms with Crippen LogP contribution in [-0.4, -0.2) is 16.6 Å². The molecule has 3 N–H and O–H groups in total. The first-order valence-corrected chi connectivity index (χ1v) is 3.95. The second-order valence-electron chi connectivity index (χ2n) is 3.14. The maximum atomic E-state index is 10.7. The number of nitrogens with two attached hydrogens (primary N) is 1. The van der Waals surface area contributed by atoms with Gasteiger partial charge in [-0.2, -0.15) is 0 Å². The highest BCUT2D eigenvalue weighted by molar-refractivity contribution is 5.85. The van der Waals surface area contributed by atoms with Crippen LogP contribution in [0.5, 0.6) is 0 Å². The Morgan fingerprint density at radius 1 is 1.43 bits per heavy atom. The van der Waals surface area contributed by atoms with Gasteiger partial charge in [-0.3, -0.25) is 4.79 Å². The number of hydrogen-bond acceptors (Lipinski definition) is 2. The average molecular weight is 215 g/mol. The molecule has 4 heteroatoms. The summed E-state index contributed by atoms with van der Waals surface area (Å²) in [4.78, 5) is 10.7. The van der Waals surface area contributed by atoms with Crippen molar-refractivity contribution in [3.63, 3.8) is 0 Å². The summed E-state index contributed by atoms with van der Waals surface area (Å²) in [5, 5.41) is 8.75. The molecule has 1 radical (unpaired) electrons. The summed E-state index contributed by atoms with van der Waals surface area (Å²) in [5.74, 6) is -1.03. The highest BCUT2D eigenvalue weighted by atomic mass is 35.5. The van der Waals surface area contributed by atoms with E-state index in [-0.39, 0.29) is 12.4 Å². The minimum atomic E-state index is -1.30. The van der Waals surface area contributed by atoms with Crippen LogP contribution in [0, 0.1) is 6.42 Å². The normalized spacial score (nSPS) is 13.9. The van der Waals surface area contributed by atoms with Gasteiger partial charge in [0.2, 0.25) is 0 Å². The third kappa shape index (κ3) is 3.36. The van der Waals surface area contributed by atoms with Gasteiger partial charge in [-0.05, 0) is 12.5 Å². The Morgan fingerprint density at radius 2 is 1.93 bits per heavy atom. The Kier molecular flexibility index (Phi) is 4.60. The highest BCUT2D eigenvalue weighted by Crippen LogP contribution is 2.12. The summed E-state index contributed by atoms with van der Waals surface area (Å²) in [6.45, 7) is 1.46. The van der Waals surface area contributed by atoms with E-state index in [1.807, 2.05) is 30.3 Å². The average Bonchev–Trinajstić information content (AvgIpc) is 2.05. The van der Waals surface area contributed by atoms with Crippen molar-refractivity contribution in [1.29, 1.82) is 0 Å². The van der Waals surface area contributed by atoms with Crippen molar-refractivity contribution < 1.29 is 9.90 Å². The zero-order chi connectivity index (χ0) is 9.90. The summed E-state index contributed by atoms with van der Waals surface area (Å²) < 4.78 is 0. The predicted octanol–water partition coefficient (Wildman–Crippen LogP) is 1.46. The van der Waals surface area contributed by atoms with E-state index >= 15 is 0 Å². The lowest BCUT2D eigenvalue weighted by Gasteiger charge is -2.18. The van der Waals surface area contributed by atoms with Gasteiger partial charge >= 0.3 is 5.97 Å². The molecule has 0 heterocycles. The monoisotopic (exact) mass is 214 g/mol. The maximum Gasteiger partial charge on any atom is 0.324 e. The molecule has 0 aliphatic rings. The third-order valence-electron chi connectivity index (χ3n) is 1.73. The van der Waals surface area contributed by atoms with Crippen LogP contribution < -0.4 is 5.73 Å². The number of rotatable bonds is 3. The van der Waals surface area contributed by atoms with Crippen LogP contribution >= 0.6 is 12.4 Å². The number of aliphatic carboxylic acids is 1. The molecule has 0 aliphatic heterocycles.